The molecule has 4 rings (SSSR count). The van der Waals surface area contributed by atoms with E-state index in [2.05, 4.69) is 10.3 Å². The number of nitrogens with one attached hydrogen (secondary N) is 1. The van der Waals surface area contributed by atoms with Crippen molar-refractivity contribution in [2.45, 2.75) is 13.0 Å². The molecule has 0 radical (unpaired) electrons. The van der Waals surface area contributed by atoms with Crippen LogP contribution in [0.25, 0.3) is 5.76 Å². The molecule has 0 aliphatic carbocycles. The van der Waals surface area contributed by atoms with E-state index in [0.29, 0.717) is 16.9 Å². The second kappa shape index (κ2) is 8.94. The van der Waals surface area contributed by atoms with E-state index in [4.69, 9.17) is 0 Å². The third-order valence-corrected chi connectivity index (χ3v) is 5.24. The van der Waals surface area contributed by atoms with Crippen LogP contribution in [-0.2, 0) is 14.4 Å². The van der Waals surface area contributed by atoms with E-state index in [1.807, 2.05) is 0 Å². The highest BCUT2D eigenvalue weighted by Crippen LogP contribution is 2.42. The van der Waals surface area contributed by atoms with Crippen molar-refractivity contribution < 1.29 is 24.4 Å². The molecule has 2 N–H and O–H groups in total. The van der Waals surface area contributed by atoms with E-state index in [1.165, 1.54) is 42.4 Å². The Kier molecular flexibility index (Phi) is 5.88. The maximum Gasteiger partial charge on any atom is 0.300 e. The molecule has 1 aliphatic rings. The van der Waals surface area contributed by atoms with Gasteiger partial charge in [-0.05, 0) is 35.9 Å². The Hall–Kier alpha value is -4.86. The number of carbonyl (C=O) groups excluding carboxylic acids is 3. The van der Waals surface area contributed by atoms with Gasteiger partial charge in [-0.3, -0.25) is 34.4 Å². The van der Waals surface area contributed by atoms with Crippen molar-refractivity contribution in [1.29, 1.82) is 0 Å². The number of non-ortho nitro benzene ring substituents is 1. The highest BCUT2D eigenvalue weighted by molar-refractivity contribution is 6.51. The minimum Gasteiger partial charge on any atom is -0.507 e. The molecule has 10 nitrogen and oxygen atoms in total. The highest BCUT2D eigenvalue weighted by atomic mass is 16.6. The van der Waals surface area contributed by atoms with Crippen LogP contribution < -0.4 is 10.2 Å². The Labute approximate surface area is 193 Å². The molecule has 0 saturated carbocycles. The van der Waals surface area contributed by atoms with Crippen LogP contribution in [-0.4, -0.2) is 32.6 Å². The summed E-state index contributed by atoms with van der Waals surface area (Å²) < 4.78 is 0. The van der Waals surface area contributed by atoms with Gasteiger partial charge in [-0.2, -0.15) is 0 Å². The van der Waals surface area contributed by atoms with Crippen LogP contribution in [0.3, 0.4) is 0 Å². The number of ketones is 1. The van der Waals surface area contributed by atoms with Crippen LogP contribution >= 0.6 is 0 Å². The molecule has 2 heterocycles. The van der Waals surface area contributed by atoms with E-state index in [1.54, 1.807) is 36.4 Å². The summed E-state index contributed by atoms with van der Waals surface area (Å²) in [6.07, 6.45) is 2.99. The second-order valence-corrected chi connectivity index (χ2v) is 7.49. The summed E-state index contributed by atoms with van der Waals surface area (Å²) in [5.74, 6) is -2.62. The smallest absolute Gasteiger partial charge is 0.300 e. The van der Waals surface area contributed by atoms with Crippen molar-refractivity contribution in [1.82, 2.24) is 4.98 Å². The van der Waals surface area contributed by atoms with Gasteiger partial charge >= 0.3 is 0 Å². The Balaban J connectivity index is 1.87. The van der Waals surface area contributed by atoms with Crippen molar-refractivity contribution in [3.05, 3.63) is 99.9 Å². The van der Waals surface area contributed by atoms with E-state index in [-0.39, 0.29) is 22.7 Å². The van der Waals surface area contributed by atoms with Gasteiger partial charge in [0.05, 0.1) is 16.5 Å². The molecular weight excluding hydrogens is 440 g/mol. The minimum absolute atomic E-state index is 0.0297. The normalized spacial score (nSPS) is 17.0. The summed E-state index contributed by atoms with van der Waals surface area (Å²) in [7, 11) is 0. The zero-order chi connectivity index (χ0) is 24.4. The number of Topliss-reactive ketones (excluding diaryl/α,β-unsaturated/α-hetero) is 1. The lowest BCUT2D eigenvalue weighted by atomic mass is 9.96. The molecule has 2 aromatic carbocycles. The molecule has 0 spiro atoms. The average molecular weight is 458 g/mol. The lowest BCUT2D eigenvalue weighted by Gasteiger charge is -2.25. The van der Waals surface area contributed by atoms with Gasteiger partial charge in [0.25, 0.3) is 17.4 Å². The molecule has 2 amide bonds. The molecule has 10 heteroatoms. The van der Waals surface area contributed by atoms with E-state index < -0.39 is 28.4 Å². The standard InChI is InChI=1S/C24H18N4O6/c1-14(29)26-17-7-9-18(10-8-17)27-21(16-5-3-11-25-13-16)20(23(31)24(27)32)22(30)15-4-2-6-19(12-15)28(33)34/h2-13,21,30H,1H3,(H,26,29)/b22-20-. The first-order valence-electron chi connectivity index (χ1n) is 10.1. The molecule has 1 fully saturated rings. The Morgan fingerprint density at radius 2 is 1.85 bits per heavy atom. The van der Waals surface area contributed by atoms with Crippen LogP contribution in [0.15, 0.2) is 78.6 Å². The predicted octanol–water partition coefficient (Wildman–Crippen LogP) is 3.57. The summed E-state index contributed by atoms with van der Waals surface area (Å²) >= 11 is 0. The Morgan fingerprint density at radius 1 is 1.12 bits per heavy atom. The predicted molar refractivity (Wildman–Crippen MR) is 123 cm³/mol. The van der Waals surface area contributed by atoms with Gasteiger partial charge < -0.3 is 10.4 Å². The summed E-state index contributed by atoms with van der Waals surface area (Å²) in [5.41, 5.74) is 0.849. The van der Waals surface area contributed by atoms with Crippen molar-refractivity contribution in [3.8, 4) is 0 Å². The van der Waals surface area contributed by atoms with Gasteiger partial charge in [0.1, 0.15) is 5.76 Å². The molecular formula is C24H18N4O6. The number of amides is 2. The van der Waals surface area contributed by atoms with Crippen LogP contribution in [0.2, 0.25) is 0 Å². The number of nitro benzene ring substituents is 1. The maximum absolute atomic E-state index is 13.1. The fourth-order valence-electron chi connectivity index (χ4n) is 3.78. The van der Waals surface area contributed by atoms with Gasteiger partial charge in [-0.1, -0.05) is 18.2 Å². The fourth-order valence-corrected chi connectivity index (χ4v) is 3.78. The van der Waals surface area contributed by atoms with E-state index >= 15 is 0 Å². The number of pyridine rings is 1. The second-order valence-electron chi connectivity index (χ2n) is 7.49. The molecule has 1 aromatic heterocycles. The molecule has 1 unspecified atom stereocenters. The zero-order valence-corrected chi connectivity index (χ0v) is 17.8. The number of nitro groups is 1. The van der Waals surface area contributed by atoms with Crippen molar-refractivity contribution in [2.75, 3.05) is 10.2 Å². The maximum atomic E-state index is 13.1. The number of rotatable bonds is 5. The Bertz CT molecular complexity index is 1340. The molecule has 0 bridgehead atoms. The minimum atomic E-state index is -1.03. The number of hydrogen-bond donors (Lipinski definition) is 2. The van der Waals surface area contributed by atoms with Gasteiger partial charge in [-0.25, -0.2) is 0 Å². The van der Waals surface area contributed by atoms with Crippen molar-refractivity contribution in [3.63, 3.8) is 0 Å². The number of carbonyl (C=O) groups is 3. The monoisotopic (exact) mass is 458 g/mol. The number of aliphatic hydroxyl groups excluding tert-OH is 1. The summed E-state index contributed by atoms with van der Waals surface area (Å²) in [6.45, 7) is 1.36. The summed E-state index contributed by atoms with van der Waals surface area (Å²) in [5, 5.41) is 24.8. The number of benzene rings is 2. The number of aliphatic hydroxyl groups is 1. The van der Waals surface area contributed by atoms with Crippen molar-refractivity contribution in [2.24, 2.45) is 0 Å². The summed E-state index contributed by atoms with van der Waals surface area (Å²) in [6, 6.07) is 13.7. The molecule has 1 saturated heterocycles. The first-order valence-corrected chi connectivity index (χ1v) is 10.1. The SMILES string of the molecule is CC(=O)Nc1ccc(N2C(=O)C(=O)/C(=C(\O)c3cccc([N+](=O)[O-])c3)C2c2cccnc2)cc1. The van der Waals surface area contributed by atoms with Gasteiger partial charge in [0.2, 0.25) is 5.91 Å². The highest BCUT2D eigenvalue weighted by Gasteiger charge is 2.47. The topological polar surface area (TPSA) is 143 Å². The van der Waals surface area contributed by atoms with Crippen molar-refractivity contribution >= 4 is 40.4 Å². The fraction of sp³-hybridized carbons (Fsp3) is 0.0833. The number of nitrogens with zero attached hydrogens (tertiary/aromatic N) is 3. The van der Waals surface area contributed by atoms with Crippen LogP contribution in [0.5, 0.6) is 0 Å². The van der Waals surface area contributed by atoms with Crippen LogP contribution in [0.4, 0.5) is 17.1 Å². The largest absolute Gasteiger partial charge is 0.507 e. The van der Waals surface area contributed by atoms with E-state index in [9.17, 15) is 29.6 Å². The number of hydrogen-bond acceptors (Lipinski definition) is 7. The molecule has 3 aromatic rings. The average Bonchev–Trinajstić information content (AvgIpc) is 3.10. The third-order valence-electron chi connectivity index (χ3n) is 5.24. The van der Waals surface area contributed by atoms with Gasteiger partial charge in [-0.15, -0.1) is 0 Å². The van der Waals surface area contributed by atoms with E-state index in [0.717, 1.165) is 6.07 Å². The Morgan fingerprint density at radius 3 is 2.47 bits per heavy atom. The lowest BCUT2D eigenvalue weighted by Crippen LogP contribution is -2.29. The molecule has 34 heavy (non-hydrogen) atoms. The first-order chi connectivity index (χ1) is 16.3. The third kappa shape index (κ3) is 4.11. The summed E-state index contributed by atoms with van der Waals surface area (Å²) in [4.78, 5) is 53.4. The molecule has 170 valence electrons. The lowest BCUT2D eigenvalue weighted by molar-refractivity contribution is -0.384. The van der Waals surface area contributed by atoms with Crippen LogP contribution in [0.1, 0.15) is 24.1 Å². The van der Waals surface area contributed by atoms with Gasteiger partial charge in [0.15, 0.2) is 0 Å². The molecule has 1 aliphatic heterocycles. The zero-order valence-electron chi connectivity index (χ0n) is 17.8. The van der Waals surface area contributed by atoms with Crippen LogP contribution in [0, 0.1) is 10.1 Å². The molecule has 1 atom stereocenters. The number of anilines is 2. The number of aromatic nitrogens is 1. The first kappa shape index (κ1) is 22.3. The quantitative estimate of drug-likeness (QED) is 0.196. The van der Waals surface area contributed by atoms with Gasteiger partial charge in [0, 0.05) is 48.4 Å².